The standard InChI is InChI=1S/C19H21N3O2S/c1-13(19-21-16-5-3-4-6-17(16)22-19)20-18(23)11-12-25-15-9-7-14(24-2)8-10-15/h3-10,13H,11-12H2,1-2H3,(H,20,23)(H,21,22). The van der Waals surface area contributed by atoms with Crippen LogP contribution in [0.25, 0.3) is 11.0 Å². The lowest BCUT2D eigenvalue weighted by atomic mass is 10.3. The van der Waals surface area contributed by atoms with Crippen LogP contribution in [0.1, 0.15) is 25.2 Å². The third kappa shape index (κ3) is 4.54. The maximum absolute atomic E-state index is 12.1. The van der Waals surface area contributed by atoms with Crippen LogP contribution < -0.4 is 10.1 Å². The summed E-state index contributed by atoms with van der Waals surface area (Å²) >= 11 is 1.65. The van der Waals surface area contributed by atoms with Gasteiger partial charge in [-0.05, 0) is 43.3 Å². The van der Waals surface area contributed by atoms with Gasteiger partial charge in [0, 0.05) is 17.1 Å². The Labute approximate surface area is 151 Å². The molecule has 0 radical (unpaired) electrons. The molecule has 6 heteroatoms. The van der Waals surface area contributed by atoms with Crippen LogP contribution in [-0.2, 0) is 4.79 Å². The number of carbonyl (C=O) groups is 1. The monoisotopic (exact) mass is 355 g/mol. The molecule has 3 rings (SSSR count). The van der Waals surface area contributed by atoms with E-state index in [1.54, 1.807) is 18.9 Å². The molecule has 5 nitrogen and oxygen atoms in total. The molecule has 0 fully saturated rings. The molecule has 0 aliphatic carbocycles. The van der Waals surface area contributed by atoms with Gasteiger partial charge in [0.05, 0.1) is 24.2 Å². The SMILES string of the molecule is COc1ccc(SCCC(=O)NC(C)c2nc3ccccc3[nH]2)cc1. The fourth-order valence-corrected chi connectivity index (χ4v) is 3.34. The van der Waals surface area contributed by atoms with E-state index in [4.69, 9.17) is 4.74 Å². The van der Waals surface area contributed by atoms with Crippen molar-refractivity contribution in [2.45, 2.75) is 24.3 Å². The van der Waals surface area contributed by atoms with Crippen molar-refractivity contribution in [1.82, 2.24) is 15.3 Å². The van der Waals surface area contributed by atoms with Crippen molar-refractivity contribution in [3.8, 4) is 5.75 Å². The van der Waals surface area contributed by atoms with E-state index >= 15 is 0 Å². The number of aromatic amines is 1. The van der Waals surface area contributed by atoms with Crippen LogP contribution in [0, 0.1) is 0 Å². The number of nitrogens with zero attached hydrogens (tertiary/aromatic N) is 1. The number of aromatic nitrogens is 2. The number of fused-ring (bicyclic) bond motifs is 1. The summed E-state index contributed by atoms with van der Waals surface area (Å²) in [5, 5.41) is 3.00. The van der Waals surface area contributed by atoms with E-state index in [1.165, 1.54) is 0 Å². The maximum Gasteiger partial charge on any atom is 0.221 e. The van der Waals surface area contributed by atoms with Crippen molar-refractivity contribution in [3.63, 3.8) is 0 Å². The van der Waals surface area contributed by atoms with E-state index < -0.39 is 0 Å². The summed E-state index contributed by atoms with van der Waals surface area (Å²) in [5.41, 5.74) is 1.89. The zero-order valence-corrected chi connectivity index (χ0v) is 15.1. The Hall–Kier alpha value is -2.47. The first-order valence-corrected chi connectivity index (χ1v) is 9.15. The highest BCUT2D eigenvalue weighted by Gasteiger charge is 2.13. The normalized spacial score (nSPS) is 12.1. The molecule has 1 atom stereocenters. The number of amides is 1. The summed E-state index contributed by atoms with van der Waals surface area (Å²) in [6.07, 6.45) is 0.460. The van der Waals surface area contributed by atoms with Gasteiger partial charge in [-0.25, -0.2) is 4.98 Å². The van der Waals surface area contributed by atoms with Crippen molar-refractivity contribution in [1.29, 1.82) is 0 Å². The number of para-hydroxylation sites is 2. The second-order valence-electron chi connectivity index (χ2n) is 5.70. The molecule has 130 valence electrons. The first-order valence-electron chi connectivity index (χ1n) is 8.16. The van der Waals surface area contributed by atoms with E-state index in [0.717, 1.165) is 33.3 Å². The van der Waals surface area contributed by atoms with Crippen LogP contribution in [0.3, 0.4) is 0 Å². The Kier molecular flexibility index (Phi) is 5.60. The first kappa shape index (κ1) is 17.4. The van der Waals surface area contributed by atoms with Crippen LogP contribution in [0.4, 0.5) is 0 Å². The Morgan fingerprint density at radius 1 is 1.24 bits per heavy atom. The lowest BCUT2D eigenvalue weighted by Crippen LogP contribution is -2.27. The molecule has 0 saturated heterocycles. The number of hydrogen-bond acceptors (Lipinski definition) is 4. The van der Waals surface area contributed by atoms with Crippen LogP contribution in [0.2, 0.25) is 0 Å². The summed E-state index contributed by atoms with van der Waals surface area (Å²) in [7, 11) is 1.65. The Bertz CT molecular complexity index is 812. The predicted octanol–water partition coefficient (Wildman–Crippen LogP) is 3.93. The number of benzene rings is 2. The molecule has 0 bridgehead atoms. The average molecular weight is 355 g/mol. The van der Waals surface area contributed by atoms with E-state index in [2.05, 4.69) is 15.3 Å². The third-order valence-corrected chi connectivity index (χ3v) is 4.87. The quantitative estimate of drug-likeness (QED) is 0.630. The number of thioether (sulfide) groups is 1. The molecule has 25 heavy (non-hydrogen) atoms. The number of rotatable bonds is 7. The maximum atomic E-state index is 12.1. The fraction of sp³-hybridized carbons (Fsp3) is 0.263. The van der Waals surface area contributed by atoms with Gasteiger partial charge in [-0.15, -0.1) is 11.8 Å². The van der Waals surface area contributed by atoms with Crippen LogP contribution >= 0.6 is 11.8 Å². The number of H-pyrrole nitrogens is 1. The number of imidazole rings is 1. The van der Waals surface area contributed by atoms with E-state index in [-0.39, 0.29) is 11.9 Å². The van der Waals surface area contributed by atoms with Gasteiger partial charge in [0.25, 0.3) is 0 Å². The predicted molar refractivity (Wildman–Crippen MR) is 101 cm³/mol. The van der Waals surface area contributed by atoms with Gasteiger partial charge in [0.1, 0.15) is 11.6 Å². The molecule has 0 aliphatic heterocycles. The van der Waals surface area contributed by atoms with Crippen LogP contribution in [0.15, 0.2) is 53.4 Å². The molecule has 1 amide bonds. The largest absolute Gasteiger partial charge is 0.497 e. The molecule has 0 saturated carbocycles. The van der Waals surface area contributed by atoms with Crippen molar-refractivity contribution >= 4 is 28.7 Å². The van der Waals surface area contributed by atoms with E-state index in [0.29, 0.717) is 6.42 Å². The van der Waals surface area contributed by atoms with Crippen molar-refractivity contribution in [2.24, 2.45) is 0 Å². The molecule has 1 unspecified atom stereocenters. The van der Waals surface area contributed by atoms with Crippen molar-refractivity contribution < 1.29 is 9.53 Å². The Morgan fingerprint density at radius 2 is 2.00 bits per heavy atom. The highest BCUT2D eigenvalue weighted by Crippen LogP contribution is 2.22. The molecule has 0 spiro atoms. The zero-order valence-electron chi connectivity index (χ0n) is 14.3. The van der Waals surface area contributed by atoms with Crippen LogP contribution in [-0.4, -0.2) is 28.7 Å². The minimum atomic E-state index is -0.147. The molecule has 3 aromatic rings. The topological polar surface area (TPSA) is 67.0 Å². The Morgan fingerprint density at radius 3 is 2.72 bits per heavy atom. The number of ether oxygens (including phenoxy) is 1. The van der Waals surface area contributed by atoms with Gasteiger partial charge in [0.2, 0.25) is 5.91 Å². The highest BCUT2D eigenvalue weighted by molar-refractivity contribution is 7.99. The molecular formula is C19H21N3O2S. The summed E-state index contributed by atoms with van der Waals surface area (Å²) in [6.45, 7) is 1.94. The van der Waals surface area contributed by atoms with Gasteiger partial charge >= 0.3 is 0 Å². The van der Waals surface area contributed by atoms with Gasteiger partial charge < -0.3 is 15.0 Å². The van der Waals surface area contributed by atoms with Crippen molar-refractivity contribution in [3.05, 3.63) is 54.4 Å². The molecular weight excluding hydrogens is 334 g/mol. The highest BCUT2D eigenvalue weighted by atomic mass is 32.2. The molecule has 2 aromatic carbocycles. The summed E-state index contributed by atoms with van der Waals surface area (Å²) in [5.74, 6) is 2.36. The van der Waals surface area contributed by atoms with E-state index in [1.807, 2.05) is 55.5 Å². The fourth-order valence-electron chi connectivity index (χ4n) is 2.49. The van der Waals surface area contributed by atoms with Gasteiger partial charge in [-0.1, -0.05) is 12.1 Å². The number of methoxy groups -OCH3 is 1. The second kappa shape index (κ2) is 8.07. The molecule has 1 heterocycles. The lowest BCUT2D eigenvalue weighted by Gasteiger charge is -2.11. The molecule has 0 aliphatic rings. The van der Waals surface area contributed by atoms with E-state index in [9.17, 15) is 4.79 Å². The molecule has 2 N–H and O–H groups in total. The van der Waals surface area contributed by atoms with Gasteiger partial charge in [-0.2, -0.15) is 0 Å². The van der Waals surface area contributed by atoms with Crippen molar-refractivity contribution in [2.75, 3.05) is 12.9 Å². The second-order valence-corrected chi connectivity index (χ2v) is 6.87. The number of nitrogens with one attached hydrogen (secondary N) is 2. The number of carbonyl (C=O) groups excluding carboxylic acids is 1. The first-order chi connectivity index (χ1) is 12.2. The minimum Gasteiger partial charge on any atom is -0.497 e. The summed E-state index contributed by atoms with van der Waals surface area (Å²) in [6, 6.07) is 15.5. The number of hydrogen-bond donors (Lipinski definition) is 2. The lowest BCUT2D eigenvalue weighted by molar-refractivity contribution is -0.121. The Balaban J connectivity index is 1.48. The summed E-state index contributed by atoms with van der Waals surface area (Å²) in [4.78, 5) is 21.0. The van der Waals surface area contributed by atoms with Gasteiger partial charge in [-0.3, -0.25) is 4.79 Å². The third-order valence-electron chi connectivity index (χ3n) is 3.85. The smallest absolute Gasteiger partial charge is 0.221 e. The minimum absolute atomic E-state index is 0.0222. The van der Waals surface area contributed by atoms with Crippen LogP contribution in [0.5, 0.6) is 5.75 Å². The zero-order chi connectivity index (χ0) is 17.6. The average Bonchev–Trinajstić information content (AvgIpc) is 3.06. The summed E-state index contributed by atoms with van der Waals surface area (Å²) < 4.78 is 5.14. The van der Waals surface area contributed by atoms with Gasteiger partial charge in [0.15, 0.2) is 0 Å². The molecule has 1 aromatic heterocycles.